The molecule has 1 atom stereocenters. The van der Waals surface area contributed by atoms with E-state index in [-0.39, 0.29) is 5.91 Å². The Morgan fingerprint density at radius 2 is 2.25 bits per heavy atom. The molecule has 3 heterocycles. The number of ether oxygens (including phenoxy) is 1. The minimum absolute atomic E-state index is 0.0892. The van der Waals surface area contributed by atoms with Crippen molar-refractivity contribution in [1.29, 1.82) is 0 Å². The number of nitrogens with one attached hydrogen (secondary N) is 1. The first kappa shape index (κ1) is 15.0. The van der Waals surface area contributed by atoms with Gasteiger partial charge in [-0.15, -0.1) is 0 Å². The minimum atomic E-state index is 0.0892. The van der Waals surface area contributed by atoms with E-state index in [1.54, 1.807) is 0 Å². The summed E-state index contributed by atoms with van der Waals surface area (Å²) in [5.74, 6) is 1.27. The van der Waals surface area contributed by atoms with Crippen molar-refractivity contribution in [2.75, 3.05) is 19.7 Å². The number of rotatable bonds is 2. The number of fused-ring (bicyclic) bond motifs is 1. The van der Waals surface area contributed by atoms with Crippen LogP contribution in [-0.2, 0) is 4.79 Å². The molecular formula is C19H21N3O2. The molecule has 24 heavy (non-hydrogen) atoms. The molecule has 0 radical (unpaired) electrons. The van der Waals surface area contributed by atoms with Gasteiger partial charge in [0, 0.05) is 30.3 Å². The lowest BCUT2D eigenvalue weighted by Crippen LogP contribution is -2.41. The normalized spacial score (nSPS) is 20.1. The molecule has 1 aromatic heterocycles. The predicted octanol–water partition coefficient (Wildman–Crippen LogP) is 2.90. The van der Waals surface area contributed by atoms with Crippen LogP contribution in [0.2, 0.25) is 0 Å². The van der Waals surface area contributed by atoms with Crippen LogP contribution in [0.5, 0.6) is 5.75 Å². The molecule has 1 saturated heterocycles. The van der Waals surface area contributed by atoms with Gasteiger partial charge in [-0.3, -0.25) is 9.89 Å². The van der Waals surface area contributed by atoms with Crippen molar-refractivity contribution in [2.24, 2.45) is 0 Å². The van der Waals surface area contributed by atoms with Crippen molar-refractivity contribution in [1.82, 2.24) is 15.1 Å². The van der Waals surface area contributed by atoms with Crippen molar-refractivity contribution in [3.05, 3.63) is 52.9 Å². The van der Waals surface area contributed by atoms with Crippen molar-refractivity contribution < 1.29 is 9.53 Å². The number of aromatic nitrogens is 2. The summed E-state index contributed by atoms with van der Waals surface area (Å²) in [6.45, 7) is 3.95. The lowest BCUT2D eigenvalue weighted by Gasteiger charge is -2.33. The number of carbonyl (C=O) groups excluding carboxylic acids is 1. The molecule has 5 nitrogen and oxygen atoms in total. The second-order valence-corrected chi connectivity index (χ2v) is 6.55. The average molecular weight is 323 g/mol. The van der Waals surface area contributed by atoms with Crippen molar-refractivity contribution in [3.8, 4) is 5.75 Å². The summed E-state index contributed by atoms with van der Waals surface area (Å²) < 4.78 is 5.73. The van der Waals surface area contributed by atoms with Gasteiger partial charge in [0.05, 0.1) is 11.8 Å². The van der Waals surface area contributed by atoms with E-state index in [0.29, 0.717) is 12.5 Å². The Morgan fingerprint density at radius 3 is 3.08 bits per heavy atom. The molecule has 5 heteroatoms. The van der Waals surface area contributed by atoms with Crippen LogP contribution in [0, 0.1) is 6.92 Å². The molecule has 2 aromatic rings. The Hall–Kier alpha value is -2.56. The number of hydrogen-bond acceptors (Lipinski definition) is 3. The van der Waals surface area contributed by atoms with E-state index in [2.05, 4.69) is 17.1 Å². The van der Waals surface area contributed by atoms with Crippen molar-refractivity contribution in [3.63, 3.8) is 0 Å². The first-order valence-electron chi connectivity index (χ1n) is 8.44. The second-order valence-electron chi connectivity index (χ2n) is 6.55. The van der Waals surface area contributed by atoms with Gasteiger partial charge in [0.15, 0.2) is 0 Å². The predicted molar refractivity (Wildman–Crippen MR) is 91.8 cm³/mol. The molecule has 0 aliphatic carbocycles. The zero-order valence-electron chi connectivity index (χ0n) is 13.8. The summed E-state index contributed by atoms with van der Waals surface area (Å²) in [6, 6.07) is 7.82. The molecule has 2 aliphatic heterocycles. The Bertz CT molecular complexity index is 793. The SMILES string of the molecule is Cc1cn[nH]c1C1CCCN(C(=O)C2=Cc3ccccc3OC2)C1. The van der Waals surface area contributed by atoms with Gasteiger partial charge >= 0.3 is 0 Å². The van der Waals surface area contributed by atoms with Crippen LogP contribution in [-0.4, -0.2) is 40.7 Å². The number of benzene rings is 1. The minimum Gasteiger partial charge on any atom is -0.488 e. The van der Waals surface area contributed by atoms with Gasteiger partial charge < -0.3 is 9.64 Å². The molecule has 0 spiro atoms. The summed E-state index contributed by atoms with van der Waals surface area (Å²) in [5, 5.41) is 7.22. The van der Waals surface area contributed by atoms with Crippen LogP contribution in [0.15, 0.2) is 36.0 Å². The molecule has 1 aromatic carbocycles. The third-order valence-corrected chi connectivity index (χ3v) is 4.89. The fraction of sp³-hybridized carbons (Fsp3) is 0.368. The fourth-order valence-corrected chi connectivity index (χ4v) is 3.61. The maximum atomic E-state index is 12.9. The number of aryl methyl sites for hydroxylation is 1. The maximum absolute atomic E-state index is 12.9. The molecular weight excluding hydrogens is 302 g/mol. The van der Waals surface area contributed by atoms with Crippen LogP contribution >= 0.6 is 0 Å². The van der Waals surface area contributed by atoms with Gasteiger partial charge in [-0.05, 0) is 37.5 Å². The zero-order chi connectivity index (χ0) is 16.5. The van der Waals surface area contributed by atoms with Gasteiger partial charge in [0.1, 0.15) is 12.4 Å². The van der Waals surface area contributed by atoms with Crippen molar-refractivity contribution in [2.45, 2.75) is 25.7 Å². The van der Waals surface area contributed by atoms with Gasteiger partial charge in [-0.25, -0.2) is 0 Å². The van der Waals surface area contributed by atoms with Crippen LogP contribution in [0.4, 0.5) is 0 Å². The highest BCUT2D eigenvalue weighted by molar-refractivity contribution is 5.99. The molecule has 1 fully saturated rings. The Balaban J connectivity index is 1.53. The molecule has 2 aliphatic rings. The second kappa shape index (κ2) is 6.15. The van der Waals surface area contributed by atoms with E-state index in [4.69, 9.17) is 4.74 Å². The van der Waals surface area contributed by atoms with Crippen LogP contribution < -0.4 is 4.74 Å². The first-order valence-corrected chi connectivity index (χ1v) is 8.44. The summed E-state index contributed by atoms with van der Waals surface area (Å²) in [6.07, 6.45) is 5.92. The van der Waals surface area contributed by atoms with E-state index < -0.39 is 0 Å². The smallest absolute Gasteiger partial charge is 0.253 e. The molecule has 0 saturated carbocycles. The summed E-state index contributed by atoms with van der Waals surface area (Å²) >= 11 is 0. The number of amides is 1. The Kier molecular flexibility index (Phi) is 3.84. The molecule has 0 bridgehead atoms. The summed E-state index contributed by atoms with van der Waals surface area (Å²) in [5.41, 5.74) is 4.04. The molecule has 1 unspecified atom stereocenters. The van der Waals surface area contributed by atoms with Crippen molar-refractivity contribution >= 4 is 12.0 Å². The van der Waals surface area contributed by atoms with Gasteiger partial charge in [0.25, 0.3) is 5.91 Å². The number of para-hydroxylation sites is 1. The lowest BCUT2D eigenvalue weighted by molar-refractivity contribution is -0.128. The summed E-state index contributed by atoms with van der Waals surface area (Å²) in [7, 11) is 0. The maximum Gasteiger partial charge on any atom is 0.253 e. The number of H-pyrrole nitrogens is 1. The van der Waals surface area contributed by atoms with Gasteiger partial charge in [-0.2, -0.15) is 5.10 Å². The van der Waals surface area contributed by atoms with Crippen LogP contribution in [0.25, 0.3) is 6.08 Å². The quantitative estimate of drug-likeness (QED) is 0.924. The first-order chi connectivity index (χ1) is 11.7. The molecule has 4 rings (SSSR count). The largest absolute Gasteiger partial charge is 0.488 e. The standard InChI is InChI=1S/C19H21N3O2/c1-13-10-20-21-18(13)15-6-4-8-22(11-15)19(23)16-9-14-5-2-3-7-17(14)24-12-16/h2-3,5,7,9-10,15H,4,6,8,11-12H2,1H3,(H,20,21). The third kappa shape index (κ3) is 2.70. The molecule has 1 amide bonds. The Labute approximate surface area is 141 Å². The molecule has 1 N–H and O–H groups in total. The average Bonchev–Trinajstić information content (AvgIpc) is 3.07. The highest BCUT2D eigenvalue weighted by atomic mass is 16.5. The van der Waals surface area contributed by atoms with Gasteiger partial charge in [-0.1, -0.05) is 18.2 Å². The van der Waals surface area contributed by atoms with E-state index in [9.17, 15) is 4.79 Å². The Morgan fingerprint density at radius 1 is 1.38 bits per heavy atom. The number of likely N-dealkylation sites (tertiary alicyclic amines) is 1. The van der Waals surface area contributed by atoms with E-state index in [1.807, 2.05) is 41.4 Å². The lowest BCUT2D eigenvalue weighted by atomic mass is 9.92. The number of aromatic amines is 1. The fourth-order valence-electron chi connectivity index (χ4n) is 3.61. The zero-order valence-corrected chi connectivity index (χ0v) is 13.8. The number of piperidine rings is 1. The van der Waals surface area contributed by atoms with E-state index in [1.165, 1.54) is 5.56 Å². The van der Waals surface area contributed by atoms with E-state index >= 15 is 0 Å². The number of hydrogen-bond donors (Lipinski definition) is 1. The van der Waals surface area contributed by atoms with Gasteiger partial charge in [0.2, 0.25) is 0 Å². The number of nitrogens with zero attached hydrogens (tertiary/aromatic N) is 2. The topological polar surface area (TPSA) is 58.2 Å². The monoisotopic (exact) mass is 323 g/mol. The number of carbonyl (C=O) groups is 1. The summed E-state index contributed by atoms with van der Waals surface area (Å²) in [4.78, 5) is 14.9. The van der Waals surface area contributed by atoms with E-state index in [0.717, 1.165) is 48.5 Å². The highest BCUT2D eigenvalue weighted by Crippen LogP contribution is 2.30. The highest BCUT2D eigenvalue weighted by Gasteiger charge is 2.29. The van der Waals surface area contributed by atoms with Crippen LogP contribution in [0.3, 0.4) is 0 Å². The third-order valence-electron chi connectivity index (χ3n) is 4.89. The van der Waals surface area contributed by atoms with Crippen LogP contribution in [0.1, 0.15) is 35.6 Å². The molecule has 124 valence electrons.